The van der Waals surface area contributed by atoms with E-state index < -0.39 is 45.6 Å². The SMILES string of the molecule is CS(=O)C(S(C)(=O)=O)S(=O)(=O)C(F)(F)C(=O)O. The van der Waals surface area contributed by atoms with Gasteiger partial charge in [-0.15, -0.1) is 0 Å². The number of sulfone groups is 2. The highest BCUT2D eigenvalue weighted by Crippen LogP contribution is 2.29. The molecule has 0 bridgehead atoms. The third kappa shape index (κ3) is 2.98. The molecule has 0 amide bonds. The zero-order valence-electron chi connectivity index (χ0n) is 8.45. The van der Waals surface area contributed by atoms with Crippen molar-refractivity contribution in [1.82, 2.24) is 0 Å². The zero-order valence-corrected chi connectivity index (χ0v) is 10.9. The molecule has 0 saturated carbocycles. The fourth-order valence-corrected chi connectivity index (χ4v) is 7.34. The molecule has 0 radical (unpaired) electrons. The van der Waals surface area contributed by atoms with Crippen molar-refractivity contribution >= 4 is 36.4 Å². The van der Waals surface area contributed by atoms with Crippen LogP contribution in [0.15, 0.2) is 0 Å². The lowest BCUT2D eigenvalue weighted by atomic mass is 10.7. The van der Waals surface area contributed by atoms with Gasteiger partial charge in [0.05, 0.1) is 10.8 Å². The molecule has 2 unspecified atom stereocenters. The number of aliphatic carboxylic acids is 1. The molecule has 0 saturated heterocycles. The Morgan fingerprint density at radius 2 is 1.65 bits per heavy atom. The Morgan fingerprint density at radius 3 is 1.82 bits per heavy atom. The average molecular weight is 314 g/mol. The third-order valence-corrected chi connectivity index (χ3v) is 9.36. The summed E-state index contributed by atoms with van der Waals surface area (Å²) in [5, 5.41) is 2.72. The number of hydrogen-bond acceptors (Lipinski definition) is 6. The molecule has 7 nitrogen and oxygen atoms in total. The fraction of sp³-hybridized carbons (Fsp3) is 0.800. The maximum Gasteiger partial charge on any atom is 0.442 e. The maximum atomic E-state index is 12.9. The molecule has 12 heteroatoms. The van der Waals surface area contributed by atoms with E-state index in [0.29, 0.717) is 6.26 Å². The van der Waals surface area contributed by atoms with Crippen molar-refractivity contribution in [3.63, 3.8) is 0 Å². The summed E-state index contributed by atoms with van der Waals surface area (Å²) in [7, 11) is -13.4. The molecule has 0 aliphatic heterocycles. The van der Waals surface area contributed by atoms with Gasteiger partial charge in [-0.3, -0.25) is 4.21 Å². The first-order chi connectivity index (χ1) is 7.26. The highest BCUT2D eigenvalue weighted by molar-refractivity contribution is 8.22. The van der Waals surface area contributed by atoms with Crippen LogP contribution in [-0.2, 0) is 35.3 Å². The molecule has 0 aromatic carbocycles. The van der Waals surface area contributed by atoms with Crippen LogP contribution in [0.5, 0.6) is 0 Å². The van der Waals surface area contributed by atoms with Gasteiger partial charge in [0, 0.05) is 12.5 Å². The molecule has 0 aliphatic rings. The summed E-state index contributed by atoms with van der Waals surface area (Å²) < 4.78 is 78.0. The van der Waals surface area contributed by atoms with Gasteiger partial charge < -0.3 is 5.11 Å². The van der Waals surface area contributed by atoms with Crippen molar-refractivity contribution in [2.75, 3.05) is 12.5 Å². The van der Waals surface area contributed by atoms with Crippen LogP contribution >= 0.6 is 0 Å². The number of alkyl halides is 2. The van der Waals surface area contributed by atoms with Crippen molar-refractivity contribution < 1.29 is 39.7 Å². The first-order valence-corrected chi connectivity index (χ1v) is 8.74. The molecular formula is C5H8F2O7S3. The van der Waals surface area contributed by atoms with Gasteiger partial charge in [-0.2, -0.15) is 8.78 Å². The van der Waals surface area contributed by atoms with E-state index in [1.54, 1.807) is 0 Å². The van der Waals surface area contributed by atoms with Gasteiger partial charge in [0.1, 0.15) is 0 Å². The van der Waals surface area contributed by atoms with Crippen LogP contribution in [0.3, 0.4) is 0 Å². The molecule has 0 fully saturated rings. The lowest BCUT2D eigenvalue weighted by Gasteiger charge is -2.18. The molecule has 17 heavy (non-hydrogen) atoms. The van der Waals surface area contributed by atoms with E-state index in [9.17, 15) is 34.6 Å². The summed E-state index contributed by atoms with van der Waals surface area (Å²) in [6.45, 7) is 0. The minimum Gasteiger partial charge on any atom is -0.476 e. The quantitative estimate of drug-likeness (QED) is 0.675. The predicted molar refractivity (Wildman–Crippen MR) is 54.2 cm³/mol. The summed E-state index contributed by atoms with van der Waals surface area (Å²) in [6, 6.07) is 0. The van der Waals surface area contributed by atoms with Crippen LogP contribution in [0.2, 0.25) is 0 Å². The average Bonchev–Trinajstić information content (AvgIpc) is 1.97. The molecule has 1 N–H and O–H groups in total. The summed E-state index contributed by atoms with van der Waals surface area (Å²) >= 11 is 0. The number of hydrogen-bond donors (Lipinski definition) is 1. The summed E-state index contributed by atoms with van der Waals surface area (Å²) in [5.74, 6) is -3.03. The van der Waals surface area contributed by atoms with Crippen LogP contribution in [0, 0.1) is 0 Å². The molecule has 0 aliphatic carbocycles. The number of carbonyl (C=O) groups is 1. The second-order valence-corrected chi connectivity index (χ2v) is 9.55. The van der Waals surface area contributed by atoms with E-state index in [4.69, 9.17) is 5.11 Å². The highest BCUT2D eigenvalue weighted by Gasteiger charge is 2.60. The molecule has 0 aromatic heterocycles. The van der Waals surface area contributed by atoms with Crippen LogP contribution in [0.25, 0.3) is 0 Å². The number of carboxylic acids is 1. The Balaban J connectivity index is 6.10. The summed E-state index contributed by atoms with van der Waals surface area (Å²) in [4.78, 5) is 10.1. The van der Waals surface area contributed by atoms with Crippen molar-refractivity contribution in [2.24, 2.45) is 0 Å². The zero-order chi connectivity index (χ0) is 14.2. The Hall–Kier alpha value is -0.620. The lowest BCUT2D eigenvalue weighted by Crippen LogP contribution is -2.48. The lowest BCUT2D eigenvalue weighted by molar-refractivity contribution is -0.153. The van der Waals surface area contributed by atoms with Crippen molar-refractivity contribution in [2.45, 2.75) is 9.17 Å². The monoisotopic (exact) mass is 314 g/mol. The van der Waals surface area contributed by atoms with Crippen LogP contribution in [-0.4, -0.2) is 53.8 Å². The largest absolute Gasteiger partial charge is 0.476 e. The van der Waals surface area contributed by atoms with E-state index in [1.807, 2.05) is 0 Å². The maximum absolute atomic E-state index is 12.9. The Kier molecular flexibility index (Phi) is 4.40. The van der Waals surface area contributed by atoms with E-state index in [0.717, 1.165) is 0 Å². The van der Waals surface area contributed by atoms with Crippen LogP contribution in [0.4, 0.5) is 8.78 Å². The predicted octanol–water partition coefficient (Wildman–Crippen LogP) is -1.21. The smallest absolute Gasteiger partial charge is 0.442 e. The van der Waals surface area contributed by atoms with Crippen molar-refractivity contribution in [3.8, 4) is 0 Å². The topological polar surface area (TPSA) is 123 Å². The summed E-state index contributed by atoms with van der Waals surface area (Å²) in [5.41, 5.74) is 0. The first-order valence-electron chi connectivity index (χ1n) is 3.62. The second-order valence-electron chi connectivity index (χ2n) is 2.98. The van der Waals surface area contributed by atoms with Crippen LogP contribution in [0.1, 0.15) is 0 Å². The van der Waals surface area contributed by atoms with Gasteiger partial charge in [-0.1, -0.05) is 0 Å². The fourth-order valence-electron chi connectivity index (χ4n) is 0.897. The van der Waals surface area contributed by atoms with Gasteiger partial charge in [0.15, 0.2) is 9.84 Å². The standard InChI is InChI=1S/C5H8F2O7S3/c1-15(10)4(16(2,11)12)17(13,14)5(6,7)3(8)9/h4H,1-2H3,(H,8,9). The minimum absolute atomic E-state index is 0.272. The molecule has 0 rings (SSSR count). The van der Waals surface area contributed by atoms with E-state index >= 15 is 0 Å². The normalized spacial score (nSPS) is 17.4. The van der Waals surface area contributed by atoms with Gasteiger partial charge in [0.25, 0.3) is 9.84 Å². The number of halogens is 2. The van der Waals surface area contributed by atoms with Gasteiger partial charge in [0.2, 0.25) is 3.91 Å². The molecule has 2 atom stereocenters. The molecule has 0 heterocycles. The Bertz CT molecular complexity index is 546. The van der Waals surface area contributed by atoms with E-state index in [2.05, 4.69) is 0 Å². The Morgan fingerprint density at radius 1 is 1.29 bits per heavy atom. The van der Waals surface area contributed by atoms with Gasteiger partial charge in [-0.25, -0.2) is 21.6 Å². The highest BCUT2D eigenvalue weighted by atomic mass is 32.3. The molecule has 102 valence electrons. The third-order valence-electron chi connectivity index (χ3n) is 1.48. The summed E-state index contributed by atoms with van der Waals surface area (Å²) in [6.07, 6.45) is 0.843. The number of carboxylic acid groups (broad SMARTS) is 1. The first kappa shape index (κ1) is 16.4. The van der Waals surface area contributed by atoms with Crippen molar-refractivity contribution in [3.05, 3.63) is 0 Å². The van der Waals surface area contributed by atoms with Crippen molar-refractivity contribution in [1.29, 1.82) is 0 Å². The number of rotatable bonds is 5. The second kappa shape index (κ2) is 4.57. The van der Waals surface area contributed by atoms with Gasteiger partial charge >= 0.3 is 11.2 Å². The molecular weight excluding hydrogens is 306 g/mol. The van der Waals surface area contributed by atoms with Crippen LogP contribution < -0.4 is 0 Å². The molecule has 0 spiro atoms. The van der Waals surface area contributed by atoms with Gasteiger partial charge in [-0.05, 0) is 0 Å². The van der Waals surface area contributed by atoms with E-state index in [-0.39, 0.29) is 6.26 Å². The molecule has 0 aromatic rings. The minimum atomic E-state index is -5.98. The van der Waals surface area contributed by atoms with E-state index in [1.165, 1.54) is 0 Å². The Labute approximate surface area is 98.1 Å².